The Kier molecular flexibility index (Phi) is 4.01. The average Bonchev–Trinajstić information content (AvgIpc) is 3.19. The summed E-state index contributed by atoms with van der Waals surface area (Å²) in [6.07, 6.45) is 0.494. The zero-order chi connectivity index (χ0) is 21.0. The molecule has 0 saturated heterocycles. The van der Waals surface area contributed by atoms with Crippen LogP contribution in [-0.4, -0.2) is 38.3 Å². The fraction of sp³-hybridized carbons (Fsp3) is 0.130. The highest BCUT2D eigenvalue weighted by Gasteiger charge is 2.35. The number of hydrogen-bond donors (Lipinski definition) is 4. The van der Waals surface area contributed by atoms with Crippen molar-refractivity contribution in [3.8, 4) is 22.6 Å². The van der Waals surface area contributed by atoms with E-state index >= 15 is 0 Å². The number of phenols is 2. The Hall–Kier alpha value is -3.84. The molecule has 0 unspecified atom stereocenters. The zero-order valence-electron chi connectivity index (χ0n) is 15.8. The summed E-state index contributed by atoms with van der Waals surface area (Å²) in [5.74, 6) is -0.984. The van der Waals surface area contributed by atoms with Gasteiger partial charge in [-0.25, -0.2) is 0 Å². The molecule has 0 aliphatic carbocycles. The van der Waals surface area contributed by atoms with Crippen LogP contribution in [0.1, 0.15) is 27.1 Å². The van der Waals surface area contributed by atoms with Gasteiger partial charge in [0.25, 0.3) is 11.8 Å². The normalized spacial score (nSPS) is 13.2. The highest BCUT2D eigenvalue weighted by molar-refractivity contribution is 6.32. The Morgan fingerprint density at radius 2 is 1.63 bits per heavy atom. The van der Waals surface area contributed by atoms with Crippen molar-refractivity contribution in [3.05, 3.63) is 59.7 Å². The second kappa shape index (κ2) is 6.60. The van der Waals surface area contributed by atoms with E-state index in [4.69, 9.17) is 0 Å². The van der Waals surface area contributed by atoms with Crippen molar-refractivity contribution in [1.29, 1.82) is 0 Å². The Bertz CT molecular complexity index is 1370. The number of nitrogens with one attached hydrogen (secondary N) is 1. The van der Waals surface area contributed by atoms with Crippen LogP contribution in [0, 0.1) is 0 Å². The van der Waals surface area contributed by atoms with Crippen molar-refractivity contribution in [3.63, 3.8) is 0 Å². The molecule has 0 bridgehead atoms. The monoisotopic (exact) mass is 402 g/mol. The summed E-state index contributed by atoms with van der Waals surface area (Å²) in [7, 11) is 0. The standard InChI is InChI=1S/C23H18N2O5/c26-9-3-8-25-16-7-6-12(27)10-15(16)19-17(25)11-14(13-4-1-2-5-18(13)28)20-21(19)23(30)24-22(20)29/h1-2,4-7,10-11,26-28H,3,8-9H2,(H,24,29,30). The van der Waals surface area contributed by atoms with Gasteiger partial charge in [-0.05, 0) is 36.8 Å². The van der Waals surface area contributed by atoms with E-state index in [2.05, 4.69) is 5.32 Å². The number of amides is 2. The molecule has 3 aromatic carbocycles. The summed E-state index contributed by atoms with van der Waals surface area (Å²) in [6, 6.07) is 13.3. The third-order valence-corrected chi connectivity index (χ3v) is 5.55. The van der Waals surface area contributed by atoms with Crippen LogP contribution in [0.3, 0.4) is 0 Å². The molecule has 7 heteroatoms. The van der Waals surface area contributed by atoms with E-state index in [0.29, 0.717) is 40.4 Å². The number of fused-ring (bicyclic) bond motifs is 5. The number of hydrogen-bond acceptors (Lipinski definition) is 5. The first kappa shape index (κ1) is 18.2. The van der Waals surface area contributed by atoms with Crippen molar-refractivity contribution in [2.75, 3.05) is 6.61 Å². The van der Waals surface area contributed by atoms with E-state index in [1.807, 2.05) is 4.57 Å². The lowest BCUT2D eigenvalue weighted by Gasteiger charge is -2.12. The Balaban J connectivity index is 1.98. The summed E-state index contributed by atoms with van der Waals surface area (Å²) in [5.41, 5.74) is 2.80. The molecule has 4 N–H and O–H groups in total. The summed E-state index contributed by atoms with van der Waals surface area (Å²) in [4.78, 5) is 25.5. The second-order valence-corrected chi connectivity index (χ2v) is 7.30. The highest BCUT2D eigenvalue weighted by Crippen LogP contribution is 2.43. The third-order valence-electron chi connectivity index (χ3n) is 5.55. The van der Waals surface area contributed by atoms with Crippen LogP contribution in [-0.2, 0) is 6.54 Å². The highest BCUT2D eigenvalue weighted by atomic mass is 16.3. The van der Waals surface area contributed by atoms with E-state index < -0.39 is 11.8 Å². The minimum Gasteiger partial charge on any atom is -0.508 e. The van der Waals surface area contributed by atoms with E-state index in [-0.39, 0.29) is 29.2 Å². The van der Waals surface area contributed by atoms with Crippen molar-refractivity contribution < 1.29 is 24.9 Å². The number of carbonyl (C=O) groups excluding carboxylic acids is 2. The minimum atomic E-state index is -0.522. The summed E-state index contributed by atoms with van der Waals surface area (Å²) >= 11 is 0. The Morgan fingerprint density at radius 1 is 0.867 bits per heavy atom. The van der Waals surface area contributed by atoms with Gasteiger partial charge in [-0.3, -0.25) is 14.9 Å². The lowest BCUT2D eigenvalue weighted by atomic mass is 9.92. The summed E-state index contributed by atoms with van der Waals surface area (Å²) in [6.45, 7) is 0.478. The first-order valence-corrected chi connectivity index (χ1v) is 9.58. The van der Waals surface area contributed by atoms with Gasteiger partial charge in [0.15, 0.2) is 0 Å². The molecule has 4 aromatic rings. The number of rotatable bonds is 4. The number of imide groups is 1. The molecule has 5 rings (SSSR count). The number of aromatic nitrogens is 1. The molecular weight excluding hydrogens is 384 g/mol. The van der Waals surface area contributed by atoms with Crippen LogP contribution >= 0.6 is 0 Å². The van der Waals surface area contributed by atoms with Gasteiger partial charge in [-0.15, -0.1) is 0 Å². The van der Waals surface area contributed by atoms with Crippen LogP contribution in [0.25, 0.3) is 32.9 Å². The first-order valence-electron chi connectivity index (χ1n) is 9.58. The number of phenolic OH excluding ortho intramolecular Hbond substituents is 2. The molecule has 0 spiro atoms. The van der Waals surface area contributed by atoms with Crippen LogP contribution in [0.5, 0.6) is 11.5 Å². The van der Waals surface area contributed by atoms with Crippen LogP contribution in [0.2, 0.25) is 0 Å². The van der Waals surface area contributed by atoms with Gasteiger partial charge >= 0.3 is 0 Å². The summed E-state index contributed by atoms with van der Waals surface area (Å²) < 4.78 is 1.96. The van der Waals surface area contributed by atoms with Crippen molar-refractivity contribution >= 4 is 33.6 Å². The van der Waals surface area contributed by atoms with Gasteiger partial charge in [-0.2, -0.15) is 0 Å². The SMILES string of the molecule is O=C1NC(=O)c2c1c(-c1ccccc1O)cc1c2c2cc(O)ccc2n1CCCO. The first-order chi connectivity index (χ1) is 14.5. The number of aryl methyl sites for hydroxylation is 1. The molecule has 0 fully saturated rings. The molecule has 7 nitrogen and oxygen atoms in total. The Labute approximate surface area is 170 Å². The predicted molar refractivity (Wildman–Crippen MR) is 112 cm³/mol. The average molecular weight is 402 g/mol. The lowest BCUT2D eigenvalue weighted by Crippen LogP contribution is -2.20. The number of benzene rings is 3. The summed E-state index contributed by atoms with van der Waals surface area (Å²) in [5, 5.41) is 33.4. The maximum atomic E-state index is 12.8. The topological polar surface area (TPSA) is 112 Å². The number of nitrogens with zero attached hydrogens (tertiary/aromatic N) is 1. The number of aliphatic hydroxyl groups is 1. The molecule has 30 heavy (non-hydrogen) atoms. The molecule has 1 aromatic heterocycles. The smallest absolute Gasteiger partial charge is 0.259 e. The van der Waals surface area contributed by atoms with Gasteiger partial charge in [0, 0.05) is 40.6 Å². The van der Waals surface area contributed by atoms with Gasteiger partial charge in [0.1, 0.15) is 11.5 Å². The molecule has 0 saturated carbocycles. The largest absolute Gasteiger partial charge is 0.508 e. The molecular formula is C23H18N2O5. The fourth-order valence-electron chi connectivity index (χ4n) is 4.32. The zero-order valence-corrected chi connectivity index (χ0v) is 15.8. The fourth-order valence-corrected chi connectivity index (χ4v) is 4.32. The van der Waals surface area contributed by atoms with Crippen LogP contribution in [0.4, 0.5) is 0 Å². The predicted octanol–water partition coefficient (Wildman–Crippen LogP) is 3.14. The molecule has 2 heterocycles. The molecule has 1 aliphatic heterocycles. The van der Waals surface area contributed by atoms with Crippen LogP contribution in [0.15, 0.2) is 48.5 Å². The lowest BCUT2D eigenvalue weighted by molar-refractivity contribution is 0.0880. The van der Waals surface area contributed by atoms with Crippen molar-refractivity contribution in [1.82, 2.24) is 9.88 Å². The quantitative estimate of drug-likeness (QED) is 0.392. The van der Waals surface area contributed by atoms with Crippen molar-refractivity contribution in [2.24, 2.45) is 0 Å². The van der Waals surface area contributed by atoms with Crippen LogP contribution < -0.4 is 5.32 Å². The maximum absolute atomic E-state index is 12.8. The molecule has 0 radical (unpaired) electrons. The molecule has 0 atom stereocenters. The molecule has 1 aliphatic rings. The molecule has 150 valence electrons. The molecule has 2 amide bonds. The van der Waals surface area contributed by atoms with Gasteiger partial charge < -0.3 is 19.9 Å². The Morgan fingerprint density at radius 3 is 2.40 bits per heavy atom. The number of para-hydroxylation sites is 1. The maximum Gasteiger partial charge on any atom is 0.259 e. The number of aliphatic hydroxyl groups excluding tert-OH is 1. The van der Waals surface area contributed by atoms with Gasteiger partial charge in [0.2, 0.25) is 0 Å². The van der Waals surface area contributed by atoms with Gasteiger partial charge in [-0.1, -0.05) is 18.2 Å². The van der Waals surface area contributed by atoms with E-state index in [9.17, 15) is 24.9 Å². The second-order valence-electron chi connectivity index (χ2n) is 7.30. The van der Waals surface area contributed by atoms with Crippen molar-refractivity contribution in [2.45, 2.75) is 13.0 Å². The number of aromatic hydroxyl groups is 2. The van der Waals surface area contributed by atoms with E-state index in [1.54, 1.807) is 42.5 Å². The van der Waals surface area contributed by atoms with E-state index in [0.717, 1.165) is 5.52 Å². The minimum absolute atomic E-state index is 0.00172. The number of carbonyl (C=O) groups is 2. The third kappa shape index (κ3) is 2.49. The van der Waals surface area contributed by atoms with E-state index in [1.165, 1.54) is 6.07 Å². The van der Waals surface area contributed by atoms with Gasteiger partial charge in [0.05, 0.1) is 16.6 Å².